The van der Waals surface area contributed by atoms with E-state index in [9.17, 15) is 0 Å². The van der Waals surface area contributed by atoms with Gasteiger partial charge in [0.2, 0.25) is 0 Å². The molecule has 1 aromatic rings. The Hall–Kier alpha value is -0.162. The van der Waals surface area contributed by atoms with Gasteiger partial charge in [0.1, 0.15) is 12.4 Å². The van der Waals surface area contributed by atoms with Crippen LogP contribution in [0.1, 0.15) is 13.0 Å². The summed E-state index contributed by atoms with van der Waals surface area (Å²) in [5.41, 5.74) is 1.17. The van der Waals surface area contributed by atoms with E-state index in [2.05, 4.69) is 6.08 Å². The Labute approximate surface area is 108 Å². The van der Waals surface area contributed by atoms with E-state index < -0.39 is 0 Å². The molecule has 1 aliphatic rings. The fourth-order valence-corrected chi connectivity index (χ4v) is 1.06. The van der Waals surface area contributed by atoms with Gasteiger partial charge in [-0.05, 0) is 12.1 Å². The second-order valence-electron chi connectivity index (χ2n) is 2.25. The number of para-hydroxylation sites is 1. The van der Waals surface area contributed by atoms with Crippen LogP contribution in [0.4, 0.5) is 0 Å². The Morgan fingerprint density at radius 1 is 1.14 bits per heavy atom. The summed E-state index contributed by atoms with van der Waals surface area (Å²) in [4.78, 5) is 0. The van der Waals surface area contributed by atoms with Gasteiger partial charge in [0.05, 0.1) is 0 Å². The SMILES string of the molecule is C.C1=Cc2ccccc2OC1.[B].[Fe].[Ni]. The van der Waals surface area contributed by atoms with Crippen LogP contribution in [0.5, 0.6) is 5.75 Å². The number of fused-ring (bicyclic) bond motifs is 1. The second kappa shape index (κ2) is 9.40. The van der Waals surface area contributed by atoms with Gasteiger partial charge < -0.3 is 4.74 Å². The first-order chi connectivity index (χ1) is 4.97. The first-order valence-corrected chi connectivity index (χ1v) is 3.35. The largest absolute Gasteiger partial charge is 0.489 e. The number of rotatable bonds is 0. The summed E-state index contributed by atoms with van der Waals surface area (Å²) in [5.74, 6) is 0.991. The molecular weight excluding hydrogens is 261 g/mol. The third-order valence-corrected chi connectivity index (χ3v) is 1.55. The van der Waals surface area contributed by atoms with Crippen molar-refractivity contribution in [2.75, 3.05) is 6.61 Å². The summed E-state index contributed by atoms with van der Waals surface area (Å²) in [6.07, 6.45) is 4.10. The molecule has 0 saturated carbocycles. The normalized spacial score (nSPS) is 10.0. The summed E-state index contributed by atoms with van der Waals surface area (Å²) < 4.78 is 5.34. The molecule has 0 saturated heterocycles. The first kappa shape index (κ1) is 19.4. The molecule has 0 aromatic heterocycles. The van der Waals surface area contributed by atoms with Crippen molar-refractivity contribution < 1.29 is 38.3 Å². The van der Waals surface area contributed by atoms with Gasteiger partial charge in [0, 0.05) is 47.5 Å². The van der Waals surface area contributed by atoms with Crippen molar-refractivity contribution in [3.8, 4) is 5.75 Å². The summed E-state index contributed by atoms with van der Waals surface area (Å²) in [6, 6.07) is 8.03. The van der Waals surface area contributed by atoms with Crippen LogP contribution >= 0.6 is 0 Å². The van der Waals surface area contributed by atoms with Crippen molar-refractivity contribution in [1.82, 2.24) is 0 Å². The van der Waals surface area contributed by atoms with E-state index in [1.54, 1.807) is 0 Å². The van der Waals surface area contributed by atoms with Crippen LogP contribution in [0.15, 0.2) is 30.3 Å². The number of ether oxygens (including phenoxy) is 1. The van der Waals surface area contributed by atoms with Crippen molar-refractivity contribution >= 4 is 14.5 Å². The van der Waals surface area contributed by atoms with Crippen LogP contribution in [0.3, 0.4) is 0 Å². The minimum Gasteiger partial charge on any atom is -0.489 e. The van der Waals surface area contributed by atoms with Crippen molar-refractivity contribution in [2.24, 2.45) is 0 Å². The van der Waals surface area contributed by atoms with Crippen LogP contribution < -0.4 is 4.74 Å². The molecule has 0 N–H and O–H groups in total. The molecule has 0 fully saturated rings. The fraction of sp³-hybridized carbons (Fsp3) is 0.200. The zero-order chi connectivity index (χ0) is 6.81. The van der Waals surface area contributed by atoms with E-state index in [4.69, 9.17) is 4.74 Å². The molecule has 0 bridgehead atoms. The van der Waals surface area contributed by atoms with E-state index >= 15 is 0 Å². The summed E-state index contributed by atoms with van der Waals surface area (Å²) >= 11 is 0. The molecule has 0 unspecified atom stereocenters. The van der Waals surface area contributed by atoms with E-state index in [1.165, 1.54) is 5.56 Å². The molecule has 0 aliphatic carbocycles. The van der Waals surface area contributed by atoms with Crippen LogP contribution in [0.2, 0.25) is 0 Å². The molecule has 3 radical (unpaired) electrons. The molecule has 4 heteroatoms. The maximum absolute atomic E-state index is 5.34. The van der Waals surface area contributed by atoms with Gasteiger partial charge in [-0.2, -0.15) is 0 Å². The van der Waals surface area contributed by atoms with Gasteiger partial charge in [-0.15, -0.1) is 0 Å². The fourth-order valence-electron chi connectivity index (χ4n) is 1.06. The minimum absolute atomic E-state index is 0. The van der Waals surface area contributed by atoms with Crippen LogP contribution in [0, 0.1) is 0 Å². The van der Waals surface area contributed by atoms with Gasteiger partial charge in [-0.25, -0.2) is 0 Å². The summed E-state index contributed by atoms with van der Waals surface area (Å²) in [5, 5.41) is 0. The van der Waals surface area contributed by atoms with E-state index in [1.807, 2.05) is 30.3 Å². The molecule has 14 heavy (non-hydrogen) atoms. The van der Waals surface area contributed by atoms with Gasteiger partial charge in [0.15, 0.2) is 0 Å². The first-order valence-electron chi connectivity index (χ1n) is 3.35. The van der Waals surface area contributed by atoms with Crippen molar-refractivity contribution in [2.45, 2.75) is 7.43 Å². The smallest absolute Gasteiger partial charge is 0.126 e. The zero-order valence-electron chi connectivity index (χ0n) is 6.83. The molecule has 1 heterocycles. The molecule has 0 atom stereocenters. The summed E-state index contributed by atoms with van der Waals surface area (Å²) in [6.45, 7) is 0.705. The molecule has 0 amide bonds. The number of hydrogen-bond donors (Lipinski definition) is 0. The molecular formula is C10H12BFeNiO. The second-order valence-corrected chi connectivity index (χ2v) is 2.25. The third-order valence-electron chi connectivity index (χ3n) is 1.55. The van der Waals surface area contributed by atoms with E-state index in [0.29, 0.717) is 6.61 Å². The Morgan fingerprint density at radius 3 is 2.43 bits per heavy atom. The van der Waals surface area contributed by atoms with Gasteiger partial charge in [-0.1, -0.05) is 31.7 Å². The van der Waals surface area contributed by atoms with Crippen molar-refractivity contribution in [3.63, 3.8) is 0 Å². The standard InChI is InChI=1S/C9H8O.CH4.B.Fe.Ni/c1-2-6-9-8(4-1)5-3-7-10-9;;;;/h1-6H,7H2;1H4;;;. The quantitative estimate of drug-likeness (QED) is 0.659. The zero-order valence-corrected chi connectivity index (χ0v) is 8.92. The topological polar surface area (TPSA) is 9.23 Å². The maximum Gasteiger partial charge on any atom is 0.126 e. The van der Waals surface area contributed by atoms with Crippen molar-refractivity contribution in [1.29, 1.82) is 0 Å². The Bertz CT molecular complexity index is 279. The van der Waals surface area contributed by atoms with Gasteiger partial charge in [0.25, 0.3) is 0 Å². The van der Waals surface area contributed by atoms with Gasteiger partial charge in [-0.3, -0.25) is 0 Å². The predicted molar refractivity (Wildman–Crippen MR) is 53.5 cm³/mol. The molecule has 1 aromatic carbocycles. The molecule has 1 nitrogen and oxygen atoms in total. The Kier molecular flexibility index (Phi) is 13.0. The van der Waals surface area contributed by atoms with Crippen LogP contribution in [0.25, 0.3) is 6.08 Å². The van der Waals surface area contributed by atoms with Crippen LogP contribution in [-0.2, 0) is 33.6 Å². The van der Waals surface area contributed by atoms with Crippen molar-refractivity contribution in [3.05, 3.63) is 35.9 Å². The number of hydrogen-bond acceptors (Lipinski definition) is 1. The number of benzene rings is 1. The Balaban J connectivity index is -0.000000302. The van der Waals surface area contributed by atoms with E-state index in [-0.39, 0.29) is 49.4 Å². The molecule has 2 rings (SSSR count). The average molecular weight is 274 g/mol. The molecule has 1 aliphatic heterocycles. The summed E-state index contributed by atoms with van der Waals surface area (Å²) in [7, 11) is 0. The molecule has 0 spiro atoms. The Morgan fingerprint density at radius 2 is 1.79 bits per heavy atom. The minimum atomic E-state index is 0. The van der Waals surface area contributed by atoms with E-state index in [0.717, 1.165) is 5.75 Å². The van der Waals surface area contributed by atoms with Crippen LogP contribution in [-0.4, -0.2) is 15.0 Å². The third kappa shape index (κ3) is 4.37. The van der Waals surface area contributed by atoms with Gasteiger partial charge >= 0.3 is 0 Å². The predicted octanol–water partition coefficient (Wildman–Crippen LogP) is 2.34. The maximum atomic E-state index is 5.34. The molecule has 79 valence electrons. The average Bonchev–Trinajstić information content (AvgIpc) is 2.05. The monoisotopic (exact) mass is 273 g/mol.